The van der Waals surface area contributed by atoms with E-state index in [2.05, 4.69) is 128 Å². The number of benzene rings is 4. The van der Waals surface area contributed by atoms with Crippen molar-refractivity contribution < 1.29 is 0 Å². The Bertz CT molecular complexity index is 1520. The maximum absolute atomic E-state index is 4.77. The third-order valence-corrected chi connectivity index (χ3v) is 9.36. The predicted molar refractivity (Wildman–Crippen MR) is 151 cm³/mol. The standard InChI is InChI=1S/C34H32N2/c1-5-33-24(4)34(33,6-2)32-35(28-21-20-26(22-23(28)3)25-14-8-7-9-15-25)30-18-12-13-19-31(30)36(32)29-17-11-10-16-27(29)33/h7-22,32H,4-6H2,1-3H3. The van der Waals surface area contributed by atoms with Crippen LogP contribution < -0.4 is 9.80 Å². The van der Waals surface area contributed by atoms with Crippen LogP contribution in [-0.4, -0.2) is 6.17 Å². The van der Waals surface area contributed by atoms with E-state index in [1.807, 2.05) is 0 Å². The fraction of sp³-hybridized carbons (Fsp3) is 0.235. The van der Waals surface area contributed by atoms with E-state index in [4.69, 9.17) is 6.58 Å². The van der Waals surface area contributed by atoms with Gasteiger partial charge < -0.3 is 9.80 Å². The second-order valence-electron chi connectivity index (χ2n) is 10.5. The average Bonchev–Trinajstić information content (AvgIpc) is 3.31. The van der Waals surface area contributed by atoms with Crippen molar-refractivity contribution in [2.24, 2.45) is 5.41 Å². The van der Waals surface area contributed by atoms with Crippen LogP contribution >= 0.6 is 0 Å². The lowest BCUT2D eigenvalue weighted by molar-refractivity contribution is 0.316. The summed E-state index contributed by atoms with van der Waals surface area (Å²) in [4.78, 5) is 5.24. The lowest BCUT2D eigenvalue weighted by atomic mass is 9.76. The van der Waals surface area contributed by atoms with Gasteiger partial charge in [-0.25, -0.2) is 0 Å². The molecule has 178 valence electrons. The molecule has 0 amide bonds. The Morgan fingerprint density at radius 1 is 0.667 bits per heavy atom. The Balaban J connectivity index is 1.47. The second kappa shape index (κ2) is 7.36. The number of nitrogens with zero attached hydrogens (tertiary/aromatic N) is 2. The minimum atomic E-state index is -0.000333. The fourth-order valence-corrected chi connectivity index (χ4v) is 7.80. The van der Waals surface area contributed by atoms with Gasteiger partial charge in [-0.1, -0.05) is 92.7 Å². The van der Waals surface area contributed by atoms with Crippen LogP contribution in [0.3, 0.4) is 0 Å². The number of para-hydroxylation sites is 3. The zero-order chi connectivity index (χ0) is 24.7. The molecule has 1 aliphatic carbocycles. The molecule has 2 heterocycles. The van der Waals surface area contributed by atoms with Crippen LogP contribution in [0.5, 0.6) is 0 Å². The highest BCUT2D eigenvalue weighted by Gasteiger charge is 2.78. The molecule has 3 unspecified atom stereocenters. The summed E-state index contributed by atoms with van der Waals surface area (Å²) in [6.07, 6.45) is 2.32. The van der Waals surface area contributed by atoms with Crippen LogP contribution in [0.15, 0.2) is 109 Å². The third kappa shape index (κ3) is 2.38. The van der Waals surface area contributed by atoms with E-state index < -0.39 is 0 Å². The lowest BCUT2D eigenvalue weighted by Crippen LogP contribution is -2.51. The molecule has 0 radical (unpaired) electrons. The molecule has 0 N–H and O–H groups in total. The molecule has 4 aromatic rings. The zero-order valence-electron chi connectivity index (χ0n) is 21.3. The first-order valence-corrected chi connectivity index (χ1v) is 13.2. The Morgan fingerprint density at radius 3 is 1.92 bits per heavy atom. The van der Waals surface area contributed by atoms with Gasteiger partial charge in [0.25, 0.3) is 0 Å². The summed E-state index contributed by atoms with van der Waals surface area (Å²) >= 11 is 0. The quantitative estimate of drug-likeness (QED) is 0.276. The maximum atomic E-state index is 4.77. The Labute approximate surface area is 214 Å². The predicted octanol–water partition coefficient (Wildman–Crippen LogP) is 8.91. The molecule has 0 aromatic heterocycles. The molecule has 0 saturated heterocycles. The molecule has 4 aromatic carbocycles. The first-order valence-electron chi connectivity index (χ1n) is 13.2. The monoisotopic (exact) mass is 468 g/mol. The van der Waals surface area contributed by atoms with Gasteiger partial charge in [0.05, 0.1) is 11.4 Å². The van der Waals surface area contributed by atoms with Crippen molar-refractivity contribution in [2.75, 3.05) is 9.80 Å². The number of rotatable bonds is 4. The van der Waals surface area contributed by atoms with Crippen molar-refractivity contribution in [1.29, 1.82) is 0 Å². The van der Waals surface area contributed by atoms with Gasteiger partial charge in [-0.3, -0.25) is 0 Å². The second-order valence-corrected chi connectivity index (χ2v) is 10.5. The van der Waals surface area contributed by atoms with E-state index in [1.165, 1.54) is 50.6 Å². The average molecular weight is 469 g/mol. The molecular weight excluding hydrogens is 436 g/mol. The smallest absolute Gasteiger partial charge is 0.122 e. The number of fused-ring (bicyclic) bond motifs is 8. The zero-order valence-corrected chi connectivity index (χ0v) is 21.3. The molecule has 3 aliphatic rings. The highest BCUT2D eigenvalue weighted by Crippen LogP contribution is 2.80. The van der Waals surface area contributed by atoms with Gasteiger partial charge in [-0.05, 0) is 72.4 Å². The summed E-state index contributed by atoms with van der Waals surface area (Å²) in [7, 11) is 0. The van der Waals surface area contributed by atoms with E-state index in [0.717, 1.165) is 12.8 Å². The maximum Gasteiger partial charge on any atom is 0.122 e. The van der Waals surface area contributed by atoms with Crippen molar-refractivity contribution in [3.05, 3.63) is 120 Å². The van der Waals surface area contributed by atoms with Crippen LogP contribution in [-0.2, 0) is 5.41 Å². The molecule has 2 aliphatic heterocycles. The third-order valence-electron chi connectivity index (χ3n) is 9.36. The molecule has 1 saturated carbocycles. The number of anilines is 4. The number of hydrogen-bond donors (Lipinski definition) is 0. The van der Waals surface area contributed by atoms with Gasteiger partial charge in [0.15, 0.2) is 0 Å². The van der Waals surface area contributed by atoms with Crippen molar-refractivity contribution in [2.45, 2.75) is 45.2 Å². The van der Waals surface area contributed by atoms with Gasteiger partial charge in [0.1, 0.15) is 6.17 Å². The van der Waals surface area contributed by atoms with Gasteiger partial charge >= 0.3 is 0 Å². The summed E-state index contributed by atoms with van der Waals surface area (Å²) in [6.45, 7) is 11.7. The van der Waals surface area contributed by atoms with E-state index in [-0.39, 0.29) is 17.0 Å². The lowest BCUT2D eigenvalue weighted by Gasteiger charge is -2.46. The van der Waals surface area contributed by atoms with Crippen LogP contribution in [0.2, 0.25) is 0 Å². The Morgan fingerprint density at radius 2 is 1.28 bits per heavy atom. The summed E-state index contributed by atoms with van der Waals surface area (Å²) in [5.74, 6) is 0. The van der Waals surface area contributed by atoms with Crippen molar-refractivity contribution in [1.82, 2.24) is 0 Å². The van der Waals surface area contributed by atoms with Crippen LogP contribution in [0.1, 0.15) is 37.8 Å². The van der Waals surface area contributed by atoms with Crippen molar-refractivity contribution in [3.8, 4) is 11.1 Å². The van der Waals surface area contributed by atoms with Crippen LogP contribution in [0.4, 0.5) is 22.7 Å². The van der Waals surface area contributed by atoms with Gasteiger partial charge in [0.2, 0.25) is 0 Å². The minimum Gasteiger partial charge on any atom is -0.317 e. The van der Waals surface area contributed by atoms with E-state index >= 15 is 0 Å². The molecule has 1 fully saturated rings. The van der Waals surface area contributed by atoms with E-state index in [9.17, 15) is 0 Å². The number of hydrogen-bond acceptors (Lipinski definition) is 2. The molecule has 0 spiro atoms. The first-order chi connectivity index (χ1) is 17.6. The van der Waals surface area contributed by atoms with E-state index in [0.29, 0.717) is 0 Å². The summed E-state index contributed by atoms with van der Waals surface area (Å²) in [5, 5.41) is 0. The minimum absolute atomic E-state index is 0.000333. The molecule has 3 atom stereocenters. The largest absolute Gasteiger partial charge is 0.317 e. The van der Waals surface area contributed by atoms with Crippen LogP contribution in [0.25, 0.3) is 11.1 Å². The highest BCUT2D eigenvalue weighted by molar-refractivity contribution is 5.94. The van der Waals surface area contributed by atoms with E-state index in [1.54, 1.807) is 0 Å². The molecular formula is C34H32N2. The fourth-order valence-electron chi connectivity index (χ4n) is 7.80. The molecule has 2 nitrogen and oxygen atoms in total. The van der Waals surface area contributed by atoms with Crippen LogP contribution in [0, 0.1) is 12.3 Å². The van der Waals surface area contributed by atoms with Crippen molar-refractivity contribution >= 4 is 22.7 Å². The number of aryl methyl sites for hydroxylation is 1. The summed E-state index contributed by atoms with van der Waals surface area (Å²) in [6, 6.07) is 35.6. The molecule has 0 bridgehead atoms. The Kier molecular flexibility index (Phi) is 4.40. The summed E-state index contributed by atoms with van der Waals surface area (Å²) in [5.41, 5.74) is 11.9. The first kappa shape index (κ1) is 21.5. The van der Waals surface area contributed by atoms with Gasteiger partial charge in [0, 0.05) is 22.2 Å². The molecule has 7 rings (SSSR count). The Hall–Kier alpha value is -3.78. The molecule has 2 heteroatoms. The SMILES string of the molecule is C=C1C2(CC)c3ccccc3N3c4ccccc4N(c4ccc(-c5ccccc5)cc4C)C3C12CC. The van der Waals surface area contributed by atoms with Gasteiger partial charge in [-0.2, -0.15) is 0 Å². The molecule has 36 heavy (non-hydrogen) atoms. The van der Waals surface area contributed by atoms with Gasteiger partial charge in [-0.15, -0.1) is 0 Å². The highest BCUT2D eigenvalue weighted by atomic mass is 15.5. The topological polar surface area (TPSA) is 6.48 Å². The normalized spacial score (nSPS) is 25.2. The van der Waals surface area contributed by atoms with Crippen molar-refractivity contribution in [3.63, 3.8) is 0 Å². The summed E-state index contributed by atoms with van der Waals surface area (Å²) < 4.78 is 0.